The predicted octanol–water partition coefficient (Wildman–Crippen LogP) is 3.10. The standard InChI is InChI=1S/C12H15ClO3/c1-4-8-5-9(7(2)12(14)15)6-10(13)11(8)16-3/h5-7H,4H2,1-3H3,(H,14,15). The molecule has 0 spiro atoms. The summed E-state index contributed by atoms with van der Waals surface area (Å²) >= 11 is 6.04. The summed E-state index contributed by atoms with van der Waals surface area (Å²) < 4.78 is 5.18. The van der Waals surface area contributed by atoms with Crippen LogP contribution in [0.4, 0.5) is 0 Å². The van der Waals surface area contributed by atoms with Crippen molar-refractivity contribution >= 4 is 17.6 Å². The Bertz CT molecular complexity index is 401. The lowest BCUT2D eigenvalue weighted by molar-refractivity contribution is -0.138. The topological polar surface area (TPSA) is 46.5 Å². The zero-order valence-electron chi connectivity index (χ0n) is 9.58. The van der Waals surface area contributed by atoms with E-state index in [1.165, 1.54) is 0 Å². The Morgan fingerprint density at radius 2 is 2.19 bits per heavy atom. The molecular formula is C12H15ClO3. The van der Waals surface area contributed by atoms with Gasteiger partial charge in [0.25, 0.3) is 0 Å². The normalized spacial score (nSPS) is 12.2. The van der Waals surface area contributed by atoms with E-state index in [1.54, 1.807) is 20.1 Å². The molecule has 0 radical (unpaired) electrons. The lowest BCUT2D eigenvalue weighted by Crippen LogP contribution is -2.08. The van der Waals surface area contributed by atoms with E-state index in [4.69, 9.17) is 21.4 Å². The number of hydrogen-bond donors (Lipinski definition) is 1. The summed E-state index contributed by atoms with van der Waals surface area (Å²) in [4.78, 5) is 10.9. The molecule has 1 atom stereocenters. The van der Waals surface area contributed by atoms with Crippen LogP contribution in [0.25, 0.3) is 0 Å². The maximum Gasteiger partial charge on any atom is 0.310 e. The Hall–Kier alpha value is -1.22. The van der Waals surface area contributed by atoms with Gasteiger partial charge in [0.15, 0.2) is 0 Å². The smallest absolute Gasteiger partial charge is 0.310 e. The average Bonchev–Trinajstić information content (AvgIpc) is 2.26. The van der Waals surface area contributed by atoms with E-state index in [-0.39, 0.29) is 0 Å². The van der Waals surface area contributed by atoms with E-state index in [1.807, 2.05) is 13.0 Å². The molecule has 0 bridgehead atoms. The highest BCUT2D eigenvalue weighted by atomic mass is 35.5. The van der Waals surface area contributed by atoms with Gasteiger partial charge in [-0.3, -0.25) is 4.79 Å². The number of carboxylic acid groups (broad SMARTS) is 1. The Balaban J connectivity index is 3.25. The number of carbonyl (C=O) groups is 1. The van der Waals surface area contributed by atoms with E-state index >= 15 is 0 Å². The van der Waals surface area contributed by atoms with E-state index in [0.717, 1.165) is 12.0 Å². The number of aryl methyl sites for hydroxylation is 1. The number of carboxylic acids is 1. The van der Waals surface area contributed by atoms with Gasteiger partial charge < -0.3 is 9.84 Å². The van der Waals surface area contributed by atoms with Gasteiger partial charge in [-0.05, 0) is 30.5 Å². The summed E-state index contributed by atoms with van der Waals surface area (Å²) in [6, 6.07) is 3.49. The van der Waals surface area contributed by atoms with Crippen molar-refractivity contribution in [3.05, 3.63) is 28.3 Å². The van der Waals surface area contributed by atoms with Crippen LogP contribution in [0.2, 0.25) is 5.02 Å². The van der Waals surface area contributed by atoms with E-state index in [0.29, 0.717) is 16.3 Å². The highest BCUT2D eigenvalue weighted by Crippen LogP contribution is 2.33. The van der Waals surface area contributed by atoms with Crippen LogP contribution in [-0.2, 0) is 11.2 Å². The lowest BCUT2D eigenvalue weighted by atomic mass is 9.98. The molecule has 0 amide bonds. The second-order valence-electron chi connectivity index (χ2n) is 3.61. The van der Waals surface area contributed by atoms with Crippen molar-refractivity contribution in [2.45, 2.75) is 26.2 Å². The summed E-state index contributed by atoms with van der Waals surface area (Å²) in [6.07, 6.45) is 0.753. The SMILES string of the molecule is CCc1cc(C(C)C(=O)O)cc(Cl)c1OC. The van der Waals surface area contributed by atoms with Gasteiger partial charge >= 0.3 is 5.97 Å². The largest absolute Gasteiger partial charge is 0.495 e. The van der Waals surface area contributed by atoms with Gasteiger partial charge in [-0.2, -0.15) is 0 Å². The molecule has 1 aromatic rings. The first-order chi connectivity index (χ1) is 7.51. The summed E-state index contributed by atoms with van der Waals surface area (Å²) in [5.41, 5.74) is 1.63. The van der Waals surface area contributed by atoms with Crippen molar-refractivity contribution in [3.63, 3.8) is 0 Å². The van der Waals surface area contributed by atoms with E-state index in [2.05, 4.69) is 0 Å². The summed E-state index contributed by atoms with van der Waals surface area (Å²) in [5.74, 6) is -0.789. The first-order valence-corrected chi connectivity index (χ1v) is 5.48. The average molecular weight is 243 g/mol. The fourth-order valence-electron chi connectivity index (χ4n) is 1.56. The fraction of sp³-hybridized carbons (Fsp3) is 0.417. The molecule has 3 nitrogen and oxygen atoms in total. The maximum atomic E-state index is 10.9. The molecule has 1 N–H and O–H groups in total. The van der Waals surface area contributed by atoms with Gasteiger partial charge in [0, 0.05) is 0 Å². The fourth-order valence-corrected chi connectivity index (χ4v) is 1.88. The van der Waals surface area contributed by atoms with Crippen molar-refractivity contribution in [1.82, 2.24) is 0 Å². The summed E-state index contributed by atoms with van der Waals surface area (Å²) in [7, 11) is 1.56. The first kappa shape index (κ1) is 12.8. The first-order valence-electron chi connectivity index (χ1n) is 5.10. The number of ether oxygens (including phenoxy) is 1. The van der Waals surface area contributed by atoms with Gasteiger partial charge in [0.1, 0.15) is 5.75 Å². The Labute approximate surface area is 100.0 Å². The highest BCUT2D eigenvalue weighted by molar-refractivity contribution is 6.32. The molecular weight excluding hydrogens is 228 g/mol. The summed E-state index contributed by atoms with van der Waals surface area (Å²) in [5, 5.41) is 9.40. The molecule has 0 aromatic heterocycles. The maximum absolute atomic E-state index is 10.9. The molecule has 0 aliphatic carbocycles. The quantitative estimate of drug-likeness (QED) is 0.883. The zero-order valence-corrected chi connectivity index (χ0v) is 10.3. The molecule has 0 saturated heterocycles. The van der Waals surface area contributed by atoms with Crippen LogP contribution in [0.5, 0.6) is 5.75 Å². The third kappa shape index (κ3) is 2.47. The van der Waals surface area contributed by atoms with Gasteiger partial charge in [0.2, 0.25) is 0 Å². The van der Waals surface area contributed by atoms with Crippen LogP contribution in [-0.4, -0.2) is 18.2 Å². The third-order valence-electron chi connectivity index (χ3n) is 2.60. The molecule has 1 unspecified atom stereocenters. The zero-order chi connectivity index (χ0) is 12.3. The van der Waals surface area contributed by atoms with Gasteiger partial charge in [-0.25, -0.2) is 0 Å². The number of rotatable bonds is 4. The van der Waals surface area contributed by atoms with Crippen molar-refractivity contribution in [3.8, 4) is 5.75 Å². The minimum atomic E-state index is -0.858. The monoisotopic (exact) mass is 242 g/mol. The number of hydrogen-bond acceptors (Lipinski definition) is 2. The Morgan fingerprint density at radius 3 is 2.62 bits per heavy atom. The Kier molecular flexibility index (Phi) is 4.19. The van der Waals surface area contributed by atoms with Crippen molar-refractivity contribution in [1.29, 1.82) is 0 Å². The van der Waals surface area contributed by atoms with Crippen molar-refractivity contribution < 1.29 is 14.6 Å². The number of halogens is 1. The second-order valence-corrected chi connectivity index (χ2v) is 4.02. The molecule has 0 aliphatic rings. The minimum Gasteiger partial charge on any atom is -0.495 e. The van der Waals surface area contributed by atoms with Crippen LogP contribution in [0, 0.1) is 0 Å². The molecule has 0 heterocycles. The van der Waals surface area contributed by atoms with Crippen molar-refractivity contribution in [2.24, 2.45) is 0 Å². The molecule has 0 fully saturated rings. The van der Waals surface area contributed by atoms with Gasteiger partial charge in [-0.15, -0.1) is 0 Å². The van der Waals surface area contributed by atoms with Crippen LogP contribution in [0.15, 0.2) is 12.1 Å². The molecule has 0 saturated carbocycles. The molecule has 4 heteroatoms. The van der Waals surface area contributed by atoms with Crippen molar-refractivity contribution in [2.75, 3.05) is 7.11 Å². The molecule has 0 aliphatic heterocycles. The van der Waals surface area contributed by atoms with Crippen LogP contribution in [0.1, 0.15) is 30.9 Å². The molecule has 1 aromatic carbocycles. The number of aliphatic carboxylic acids is 1. The third-order valence-corrected chi connectivity index (χ3v) is 2.88. The molecule has 16 heavy (non-hydrogen) atoms. The van der Waals surface area contributed by atoms with E-state index in [9.17, 15) is 4.79 Å². The van der Waals surface area contributed by atoms with Crippen LogP contribution < -0.4 is 4.74 Å². The predicted molar refractivity (Wildman–Crippen MR) is 63.4 cm³/mol. The number of methoxy groups -OCH3 is 1. The number of benzene rings is 1. The minimum absolute atomic E-state index is 0.463. The highest BCUT2D eigenvalue weighted by Gasteiger charge is 2.17. The molecule has 1 rings (SSSR count). The molecule has 88 valence electrons. The Morgan fingerprint density at radius 1 is 1.56 bits per heavy atom. The second kappa shape index (κ2) is 5.21. The van der Waals surface area contributed by atoms with Gasteiger partial charge in [-0.1, -0.05) is 24.6 Å². The van der Waals surface area contributed by atoms with Gasteiger partial charge in [0.05, 0.1) is 18.1 Å². The van der Waals surface area contributed by atoms with Crippen LogP contribution in [0.3, 0.4) is 0 Å². The lowest BCUT2D eigenvalue weighted by Gasteiger charge is -2.13. The van der Waals surface area contributed by atoms with E-state index < -0.39 is 11.9 Å². The van der Waals surface area contributed by atoms with Crippen LogP contribution >= 0.6 is 11.6 Å². The summed E-state index contributed by atoms with van der Waals surface area (Å²) in [6.45, 7) is 3.61.